The molecular formula is C113H80Cl2N2. The van der Waals surface area contributed by atoms with Crippen molar-refractivity contribution >= 4 is 100 Å². The summed E-state index contributed by atoms with van der Waals surface area (Å²) in [6.45, 7) is 0. The maximum atomic E-state index is 6.18. The molecule has 556 valence electrons. The Labute approximate surface area is 695 Å². The molecule has 0 saturated carbocycles. The van der Waals surface area contributed by atoms with Crippen molar-refractivity contribution in [3.8, 4) is 89.0 Å². The van der Waals surface area contributed by atoms with Crippen LogP contribution in [0.4, 0.5) is 34.1 Å². The van der Waals surface area contributed by atoms with Crippen molar-refractivity contribution in [2.45, 2.75) is 6.42 Å². The van der Waals surface area contributed by atoms with Gasteiger partial charge in [-0.2, -0.15) is 0 Å². The van der Waals surface area contributed by atoms with Gasteiger partial charge in [0.25, 0.3) is 0 Å². The fourth-order valence-electron chi connectivity index (χ4n) is 16.1. The minimum absolute atomic E-state index is 0.653. The molecule has 4 heteroatoms. The van der Waals surface area contributed by atoms with Crippen molar-refractivity contribution in [3.63, 3.8) is 0 Å². The molecule has 20 rings (SSSR count). The molecule has 0 aliphatic rings. The van der Waals surface area contributed by atoms with E-state index in [1.54, 1.807) is 6.07 Å². The van der Waals surface area contributed by atoms with Gasteiger partial charge in [0.15, 0.2) is 0 Å². The number of hydrogen-bond donors (Lipinski definition) is 0. The minimum Gasteiger partial charge on any atom is -0.310 e. The Morgan fingerprint density at radius 2 is 0.376 bits per heavy atom. The van der Waals surface area contributed by atoms with Gasteiger partial charge in [-0.3, -0.25) is 0 Å². The highest BCUT2D eigenvalue weighted by Gasteiger charge is 2.23. The second kappa shape index (κ2) is 34.5. The molecule has 0 aliphatic heterocycles. The number of halogens is 2. The van der Waals surface area contributed by atoms with E-state index >= 15 is 0 Å². The van der Waals surface area contributed by atoms with Gasteiger partial charge < -0.3 is 9.80 Å². The number of fused-ring (bicyclic) bond motifs is 6. The van der Waals surface area contributed by atoms with E-state index in [2.05, 4.69) is 465 Å². The van der Waals surface area contributed by atoms with Crippen molar-refractivity contribution in [2.75, 3.05) is 9.80 Å². The molecule has 117 heavy (non-hydrogen) atoms. The number of nitrogens with zero attached hydrogens (tertiary/aromatic N) is 2. The van der Waals surface area contributed by atoms with E-state index in [0.717, 1.165) is 57.2 Å². The van der Waals surface area contributed by atoms with Crippen LogP contribution in [0.3, 0.4) is 0 Å². The summed E-state index contributed by atoms with van der Waals surface area (Å²) >= 11 is 12.4. The van der Waals surface area contributed by atoms with Gasteiger partial charge in [-0.1, -0.05) is 399 Å². The third-order valence-corrected chi connectivity index (χ3v) is 22.3. The zero-order valence-electron chi connectivity index (χ0n) is 64.4. The SMILES string of the molecule is Clc1cc(Cl)cc(-c2cc3ccccc3c3ccccc23)c1.c1ccc(-c2ccc(Cc3ccc(-c4ccccc4)cc3)cc2)cc1.c1ccc(-c2ccc(N(c3ccc(-c4ccccc4)cc3)c3cc(-c4cc5ccccc5c5ccccc45)cc(N(c4ccc(-c5ccccc5)cc4)c4ccc(-c5ccccc5)cc4)c3)cc2)cc1. The van der Waals surface area contributed by atoms with Gasteiger partial charge >= 0.3 is 0 Å². The van der Waals surface area contributed by atoms with Crippen molar-refractivity contribution < 1.29 is 0 Å². The molecule has 0 saturated heterocycles. The van der Waals surface area contributed by atoms with Gasteiger partial charge in [-0.25, -0.2) is 0 Å². The number of hydrogen-bond acceptors (Lipinski definition) is 2. The summed E-state index contributed by atoms with van der Waals surface area (Å²) in [5.41, 5.74) is 28.0. The highest BCUT2D eigenvalue weighted by Crippen LogP contribution is 2.47. The van der Waals surface area contributed by atoms with Gasteiger partial charge in [0.2, 0.25) is 0 Å². The Hall–Kier alpha value is -14.4. The van der Waals surface area contributed by atoms with Gasteiger partial charge in [-0.05, 0) is 247 Å². The third-order valence-electron chi connectivity index (χ3n) is 21.9. The average molecular weight is 1540 g/mol. The predicted molar refractivity (Wildman–Crippen MR) is 501 cm³/mol. The molecule has 0 spiro atoms. The molecule has 0 N–H and O–H groups in total. The van der Waals surface area contributed by atoms with Gasteiger partial charge in [-0.15, -0.1) is 0 Å². The maximum Gasteiger partial charge on any atom is 0.0488 e. The van der Waals surface area contributed by atoms with Crippen LogP contribution in [0.5, 0.6) is 0 Å². The van der Waals surface area contributed by atoms with Crippen LogP contribution in [0, 0.1) is 0 Å². The van der Waals surface area contributed by atoms with Gasteiger partial charge in [0.1, 0.15) is 0 Å². The largest absolute Gasteiger partial charge is 0.310 e. The first kappa shape index (κ1) is 74.1. The monoisotopic (exact) mass is 1530 g/mol. The van der Waals surface area contributed by atoms with Gasteiger partial charge in [0.05, 0.1) is 0 Å². The highest BCUT2D eigenvalue weighted by molar-refractivity contribution is 6.35. The molecule has 0 radical (unpaired) electrons. The summed E-state index contributed by atoms with van der Waals surface area (Å²) < 4.78 is 0. The maximum absolute atomic E-state index is 6.18. The van der Waals surface area contributed by atoms with Crippen LogP contribution in [0.15, 0.2) is 473 Å². The number of rotatable bonds is 16. The van der Waals surface area contributed by atoms with E-state index in [9.17, 15) is 0 Å². The molecule has 0 fully saturated rings. The lowest BCUT2D eigenvalue weighted by molar-refractivity contribution is 1.19. The Morgan fingerprint density at radius 3 is 0.658 bits per heavy atom. The summed E-state index contributed by atoms with van der Waals surface area (Å²) in [6, 6.07) is 169. The molecule has 0 atom stereocenters. The predicted octanol–water partition coefficient (Wildman–Crippen LogP) is 32.8. The van der Waals surface area contributed by atoms with Crippen LogP contribution >= 0.6 is 23.2 Å². The summed E-state index contributed by atoms with van der Waals surface area (Å²) in [5, 5.41) is 11.1. The first-order valence-corrected chi connectivity index (χ1v) is 40.5. The second-order valence-electron chi connectivity index (χ2n) is 29.4. The van der Waals surface area contributed by atoms with Crippen LogP contribution in [-0.4, -0.2) is 0 Å². The summed E-state index contributed by atoms with van der Waals surface area (Å²) in [4.78, 5) is 4.82. The van der Waals surface area contributed by atoms with E-state index in [-0.39, 0.29) is 0 Å². The summed E-state index contributed by atoms with van der Waals surface area (Å²) in [7, 11) is 0. The van der Waals surface area contributed by atoms with Crippen molar-refractivity contribution in [1.82, 2.24) is 0 Å². The standard InChI is InChI=1S/C68H48N2.C25H20.C20H12Cl2/c1-5-17-49(18-6-1)53-29-37-59(38-30-53)69(60-39-31-54(32-40-60)50-19-7-2-8-20-50)63-45-58(68-47-57-25-13-14-26-65(57)66-27-15-16-28-67(66)68)46-64(48-63)70(61-41-33-55(34-42-61)51-21-9-3-10-22-51)62-43-35-56(36-44-62)52-23-11-4-12-24-52;1-3-7-22(8-4-1)24-15-11-20(12-16-24)19-21-13-17-25(18-14-21)23-9-5-2-6-10-23;21-15-9-14(10-16(22)12-15)20-11-13-5-1-2-6-17(13)18-7-3-4-8-19(18)20/h1-48H;1-18H,19H2;1-12H. The Bertz CT molecular complexity index is 6310. The average Bonchev–Trinajstić information content (AvgIpc) is 0.752. The summed E-state index contributed by atoms with van der Waals surface area (Å²) in [6.07, 6.45) is 0.962. The number of benzene rings is 20. The molecule has 0 unspecified atom stereocenters. The quantitative estimate of drug-likeness (QED) is 0.0890. The normalized spacial score (nSPS) is 11.0. The zero-order valence-corrected chi connectivity index (χ0v) is 65.9. The van der Waals surface area contributed by atoms with Crippen LogP contribution < -0.4 is 9.80 Å². The smallest absolute Gasteiger partial charge is 0.0488 e. The Balaban J connectivity index is 0.000000162. The fourth-order valence-corrected chi connectivity index (χ4v) is 16.6. The zero-order chi connectivity index (χ0) is 78.6. The summed E-state index contributed by atoms with van der Waals surface area (Å²) in [5.74, 6) is 0. The van der Waals surface area contributed by atoms with E-state index in [4.69, 9.17) is 23.2 Å². The molecule has 20 aromatic carbocycles. The van der Waals surface area contributed by atoms with Crippen molar-refractivity contribution in [2.24, 2.45) is 0 Å². The second-order valence-corrected chi connectivity index (χ2v) is 30.3. The lowest BCUT2D eigenvalue weighted by atomic mass is 9.92. The van der Waals surface area contributed by atoms with E-state index in [1.807, 2.05) is 12.1 Å². The topological polar surface area (TPSA) is 6.48 Å². The Morgan fingerprint density at radius 1 is 0.154 bits per heavy atom. The van der Waals surface area contributed by atoms with Crippen LogP contribution in [-0.2, 0) is 6.42 Å². The lowest BCUT2D eigenvalue weighted by Crippen LogP contribution is -2.14. The van der Waals surface area contributed by atoms with Crippen LogP contribution in [0.1, 0.15) is 11.1 Å². The van der Waals surface area contributed by atoms with Crippen LogP contribution in [0.25, 0.3) is 132 Å². The molecular weight excluding hydrogens is 1460 g/mol. The van der Waals surface area contributed by atoms with Gasteiger partial charge in [0, 0.05) is 44.2 Å². The highest BCUT2D eigenvalue weighted by atomic mass is 35.5. The molecule has 2 nitrogen and oxygen atoms in total. The molecule has 0 bridgehead atoms. The van der Waals surface area contributed by atoms with Crippen molar-refractivity contribution in [3.05, 3.63) is 494 Å². The van der Waals surface area contributed by atoms with E-state index < -0.39 is 0 Å². The molecule has 0 aliphatic carbocycles. The first-order valence-electron chi connectivity index (χ1n) is 39.7. The molecule has 0 heterocycles. The third kappa shape index (κ3) is 16.7. The van der Waals surface area contributed by atoms with Crippen LogP contribution in [0.2, 0.25) is 10.0 Å². The lowest BCUT2D eigenvalue weighted by Gasteiger charge is -2.31. The Kier molecular flexibility index (Phi) is 21.9. The van der Waals surface area contributed by atoms with E-state index in [1.165, 1.54) is 127 Å². The molecule has 0 amide bonds. The van der Waals surface area contributed by atoms with E-state index in [0.29, 0.717) is 10.0 Å². The molecule has 20 aromatic rings. The first-order chi connectivity index (χ1) is 57.8. The fraction of sp³-hybridized carbons (Fsp3) is 0.00885. The van der Waals surface area contributed by atoms with Crippen molar-refractivity contribution in [1.29, 1.82) is 0 Å². The minimum atomic E-state index is 0.653. The number of anilines is 6. The molecule has 0 aromatic heterocycles.